The Bertz CT molecular complexity index is 897. The molecule has 0 fully saturated rings. The Morgan fingerprint density at radius 1 is 1.24 bits per heavy atom. The molecule has 7 heteroatoms. The largest absolute Gasteiger partial charge is 0.351 e. The predicted molar refractivity (Wildman–Crippen MR) is 113 cm³/mol. The monoisotopic (exact) mass is 416 g/mol. The first-order valence-electron chi connectivity index (χ1n) is 9.89. The number of carbonyl (C=O) groups is 1. The van der Waals surface area contributed by atoms with Gasteiger partial charge in [0.25, 0.3) is 5.91 Å². The summed E-state index contributed by atoms with van der Waals surface area (Å²) in [4.78, 5) is 12.3. The zero-order valence-corrected chi connectivity index (χ0v) is 17.6. The number of unbranched alkanes of at least 4 members (excludes halogenated alkanes) is 5. The van der Waals surface area contributed by atoms with Crippen LogP contribution in [0.25, 0.3) is 11.8 Å². The van der Waals surface area contributed by atoms with Crippen molar-refractivity contribution in [3.05, 3.63) is 52.1 Å². The number of halogens is 2. The summed E-state index contributed by atoms with van der Waals surface area (Å²) < 4.78 is 14.6. The van der Waals surface area contributed by atoms with E-state index in [1.165, 1.54) is 42.2 Å². The second-order valence-corrected chi connectivity index (χ2v) is 7.23. The summed E-state index contributed by atoms with van der Waals surface area (Å²) in [6, 6.07) is 7.67. The van der Waals surface area contributed by atoms with Crippen LogP contribution in [-0.2, 0) is 4.79 Å². The maximum absolute atomic E-state index is 13.1. The highest BCUT2D eigenvalue weighted by Crippen LogP contribution is 2.26. The van der Waals surface area contributed by atoms with Crippen LogP contribution < -0.4 is 5.32 Å². The third kappa shape index (κ3) is 6.43. The Morgan fingerprint density at radius 3 is 2.55 bits per heavy atom. The maximum Gasteiger partial charge on any atom is 0.261 e. The fourth-order valence-corrected chi connectivity index (χ4v) is 3.25. The van der Waals surface area contributed by atoms with Gasteiger partial charge >= 0.3 is 0 Å². The van der Waals surface area contributed by atoms with Crippen LogP contribution in [0.15, 0.2) is 29.8 Å². The van der Waals surface area contributed by atoms with Crippen LogP contribution in [0.5, 0.6) is 0 Å². The predicted octanol–water partition coefficient (Wildman–Crippen LogP) is 5.36. The molecule has 2 aromatic rings. The maximum atomic E-state index is 13.1. The fourth-order valence-electron chi connectivity index (χ4n) is 2.92. The molecule has 1 aromatic heterocycles. The van der Waals surface area contributed by atoms with E-state index in [0.29, 0.717) is 23.5 Å². The molecular weight excluding hydrogens is 391 g/mol. The van der Waals surface area contributed by atoms with Gasteiger partial charge in [0.05, 0.1) is 11.4 Å². The second kappa shape index (κ2) is 11.4. The zero-order chi connectivity index (χ0) is 21.2. The number of aromatic nitrogens is 2. The van der Waals surface area contributed by atoms with Crippen molar-refractivity contribution in [2.45, 2.75) is 52.4 Å². The minimum atomic E-state index is -0.425. The van der Waals surface area contributed by atoms with E-state index in [4.69, 9.17) is 11.6 Å². The zero-order valence-electron chi connectivity index (χ0n) is 16.8. The van der Waals surface area contributed by atoms with Crippen molar-refractivity contribution in [1.29, 1.82) is 5.26 Å². The average molecular weight is 417 g/mol. The second-order valence-electron chi connectivity index (χ2n) is 6.87. The Labute approximate surface area is 176 Å². The fraction of sp³-hybridized carbons (Fsp3) is 0.409. The lowest BCUT2D eigenvalue weighted by atomic mass is 10.1. The van der Waals surface area contributed by atoms with Gasteiger partial charge in [0.15, 0.2) is 0 Å². The van der Waals surface area contributed by atoms with Gasteiger partial charge in [-0.3, -0.25) is 4.79 Å². The molecule has 154 valence electrons. The van der Waals surface area contributed by atoms with Crippen LogP contribution in [0.3, 0.4) is 0 Å². The van der Waals surface area contributed by atoms with Crippen molar-refractivity contribution < 1.29 is 9.18 Å². The molecule has 1 amide bonds. The number of benzene rings is 1. The number of hydrogen-bond acceptors (Lipinski definition) is 3. The van der Waals surface area contributed by atoms with Gasteiger partial charge in [-0.1, -0.05) is 50.6 Å². The van der Waals surface area contributed by atoms with Crippen LogP contribution in [0, 0.1) is 24.1 Å². The number of nitrogens with zero attached hydrogens (tertiary/aromatic N) is 3. The summed E-state index contributed by atoms with van der Waals surface area (Å²) in [5.41, 5.74) is 1.61. The SMILES string of the molecule is CCCCCCCCNC(=O)/C(C#N)=C/c1c(C)nn(-c2ccc(F)cc2)c1Cl. The molecule has 0 aliphatic heterocycles. The molecule has 0 spiro atoms. The molecule has 0 bridgehead atoms. The average Bonchev–Trinajstić information content (AvgIpc) is 2.99. The Hall–Kier alpha value is -2.65. The van der Waals surface area contributed by atoms with Crippen molar-refractivity contribution in [1.82, 2.24) is 15.1 Å². The summed E-state index contributed by atoms with van der Waals surface area (Å²) in [6.07, 6.45) is 8.19. The standard InChI is InChI=1S/C22H26ClFN4O/c1-3-4-5-6-7-8-13-26-22(29)17(15-25)14-20-16(2)27-28(21(20)23)19-11-9-18(24)10-12-19/h9-12,14H,3-8,13H2,1-2H3,(H,26,29)/b17-14+. The molecule has 1 N–H and O–H groups in total. The quantitative estimate of drug-likeness (QED) is 0.322. The minimum Gasteiger partial charge on any atom is -0.351 e. The van der Waals surface area contributed by atoms with Crippen molar-refractivity contribution in [3.63, 3.8) is 0 Å². The highest BCUT2D eigenvalue weighted by atomic mass is 35.5. The van der Waals surface area contributed by atoms with Gasteiger partial charge in [0, 0.05) is 12.1 Å². The topological polar surface area (TPSA) is 70.7 Å². The van der Waals surface area contributed by atoms with Gasteiger partial charge in [-0.05, 0) is 43.7 Å². The van der Waals surface area contributed by atoms with Crippen molar-refractivity contribution in [3.8, 4) is 11.8 Å². The first-order valence-corrected chi connectivity index (χ1v) is 10.3. The van der Waals surface area contributed by atoms with E-state index in [9.17, 15) is 14.4 Å². The summed E-state index contributed by atoms with van der Waals surface area (Å²) in [5.74, 6) is -0.784. The smallest absolute Gasteiger partial charge is 0.261 e. The summed E-state index contributed by atoms with van der Waals surface area (Å²) >= 11 is 6.42. The molecule has 0 saturated heterocycles. The molecule has 1 heterocycles. The van der Waals surface area contributed by atoms with E-state index in [-0.39, 0.29) is 16.5 Å². The molecule has 2 rings (SSSR count). The Balaban J connectivity index is 2.06. The molecule has 5 nitrogen and oxygen atoms in total. The molecule has 0 atom stereocenters. The first kappa shape index (κ1) is 22.6. The van der Waals surface area contributed by atoms with Crippen molar-refractivity contribution >= 4 is 23.6 Å². The molecule has 0 unspecified atom stereocenters. The molecule has 0 saturated carbocycles. The van der Waals surface area contributed by atoms with Gasteiger partial charge < -0.3 is 5.32 Å². The summed E-state index contributed by atoms with van der Waals surface area (Å²) in [7, 11) is 0. The van der Waals surface area contributed by atoms with Crippen LogP contribution in [0.2, 0.25) is 5.15 Å². The Kier molecular flexibility index (Phi) is 8.88. The molecule has 29 heavy (non-hydrogen) atoms. The van der Waals surface area contributed by atoms with E-state index >= 15 is 0 Å². The lowest BCUT2D eigenvalue weighted by Gasteiger charge is -2.05. The van der Waals surface area contributed by atoms with E-state index in [2.05, 4.69) is 17.3 Å². The lowest BCUT2D eigenvalue weighted by molar-refractivity contribution is -0.117. The minimum absolute atomic E-state index is 0.0281. The molecule has 0 aliphatic carbocycles. The number of rotatable bonds is 10. The summed E-state index contributed by atoms with van der Waals surface area (Å²) in [5, 5.41) is 16.8. The van der Waals surface area contributed by atoms with Gasteiger partial charge in [0.2, 0.25) is 0 Å². The molecule has 0 radical (unpaired) electrons. The third-order valence-electron chi connectivity index (χ3n) is 4.59. The molecular formula is C22H26ClFN4O. The van der Waals surface area contributed by atoms with Gasteiger partial charge in [-0.2, -0.15) is 10.4 Å². The summed E-state index contributed by atoms with van der Waals surface area (Å²) in [6.45, 7) is 4.44. The number of nitrogens with one attached hydrogen (secondary N) is 1. The highest BCUT2D eigenvalue weighted by molar-refractivity contribution is 6.31. The van der Waals surface area contributed by atoms with E-state index in [0.717, 1.165) is 19.3 Å². The first-order chi connectivity index (χ1) is 14.0. The van der Waals surface area contributed by atoms with Crippen LogP contribution in [0.1, 0.15) is 56.7 Å². The van der Waals surface area contributed by atoms with Crippen molar-refractivity contribution in [2.24, 2.45) is 0 Å². The Morgan fingerprint density at radius 2 is 1.90 bits per heavy atom. The van der Waals surface area contributed by atoms with Gasteiger partial charge in [-0.15, -0.1) is 0 Å². The lowest BCUT2D eigenvalue weighted by Crippen LogP contribution is -2.25. The van der Waals surface area contributed by atoms with Crippen LogP contribution >= 0.6 is 11.6 Å². The number of carbonyl (C=O) groups excluding carboxylic acids is 1. The van der Waals surface area contributed by atoms with Crippen molar-refractivity contribution in [2.75, 3.05) is 6.54 Å². The normalized spacial score (nSPS) is 11.3. The number of nitriles is 1. The van der Waals surface area contributed by atoms with E-state index < -0.39 is 5.91 Å². The molecule has 1 aromatic carbocycles. The number of amides is 1. The third-order valence-corrected chi connectivity index (χ3v) is 4.95. The van der Waals surface area contributed by atoms with E-state index in [1.54, 1.807) is 19.1 Å². The number of aryl methyl sites for hydroxylation is 1. The molecule has 0 aliphatic rings. The van der Waals surface area contributed by atoms with Crippen LogP contribution in [-0.4, -0.2) is 22.2 Å². The van der Waals surface area contributed by atoms with Gasteiger partial charge in [-0.25, -0.2) is 9.07 Å². The number of hydrogen-bond donors (Lipinski definition) is 1. The van der Waals surface area contributed by atoms with E-state index in [1.807, 2.05) is 6.07 Å². The highest BCUT2D eigenvalue weighted by Gasteiger charge is 2.16. The van der Waals surface area contributed by atoms with Gasteiger partial charge in [0.1, 0.15) is 22.6 Å². The van der Waals surface area contributed by atoms with Crippen LogP contribution in [0.4, 0.5) is 4.39 Å².